The van der Waals surface area contributed by atoms with Gasteiger partial charge in [-0.2, -0.15) is 5.10 Å². The minimum atomic E-state index is -0.545. The highest BCUT2D eigenvalue weighted by Gasteiger charge is 2.14. The van der Waals surface area contributed by atoms with Crippen molar-refractivity contribution in [3.8, 4) is 11.5 Å². The van der Waals surface area contributed by atoms with E-state index in [-0.39, 0.29) is 13.0 Å². The van der Waals surface area contributed by atoms with E-state index in [2.05, 4.69) is 38.4 Å². The van der Waals surface area contributed by atoms with Crippen molar-refractivity contribution in [3.63, 3.8) is 0 Å². The van der Waals surface area contributed by atoms with E-state index in [4.69, 9.17) is 21.1 Å². The number of nitrogens with zero attached hydrogens (tertiary/aromatic N) is 1. The third-order valence-electron chi connectivity index (χ3n) is 5.02. The average molecular weight is 585 g/mol. The molecule has 0 aromatic heterocycles. The number of carbonyl (C=O) groups is 2. The third-order valence-corrected chi connectivity index (χ3v) is 6.08. The number of carbonyl (C=O) groups excluding carboxylic acids is 2. The Balaban J connectivity index is 1.69. The van der Waals surface area contributed by atoms with Gasteiger partial charge in [0.15, 0.2) is 11.5 Å². The number of ether oxygens (including phenoxy) is 2. The van der Waals surface area contributed by atoms with Crippen LogP contribution in [0.15, 0.2) is 82.9 Å². The summed E-state index contributed by atoms with van der Waals surface area (Å²) < 4.78 is 12.7. The smallest absolute Gasteiger partial charge is 0.249 e. The second kappa shape index (κ2) is 14.2. The highest BCUT2D eigenvalue weighted by molar-refractivity contribution is 9.10. The Kier molecular flexibility index (Phi) is 10.7. The van der Waals surface area contributed by atoms with Gasteiger partial charge in [0.05, 0.1) is 18.5 Å². The summed E-state index contributed by atoms with van der Waals surface area (Å²) in [5, 5.41) is 7.30. The van der Waals surface area contributed by atoms with E-state index in [1.807, 2.05) is 43.3 Å². The molecule has 3 aromatic carbocycles. The number of hydrogen-bond acceptors (Lipinski definition) is 5. The molecule has 0 spiro atoms. The van der Waals surface area contributed by atoms with Crippen molar-refractivity contribution in [2.24, 2.45) is 5.10 Å². The summed E-state index contributed by atoms with van der Waals surface area (Å²) in [6.45, 7) is 6.42. The van der Waals surface area contributed by atoms with Crippen LogP contribution in [-0.2, 0) is 22.6 Å². The second-order valence-corrected chi connectivity index (χ2v) is 9.07. The topological polar surface area (TPSA) is 89.0 Å². The molecule has 0 radical (unpaired) electrons. The Morgan fingerprint density at radius 1 is 1.05 bits per heavy atom. The predicted molar refractivity (Wildman–Crippen MR) is 150 cm³/mol. The molecule has 2 N–H and O–H groups in total. The molecule has 0 bridgehead atoms. The molecule has 0 saturated heterocycles. The zero-order valence-corrected chi connectivity index (χ0v) is 22.6. The maximum absolute atomic E-state index is 12.2. The summed E-state index contributed by atoms with van der Waals surface area (Å²) in [6.07, 6.45) is 3.40. The van der Waals surface area contributed by atoms with Crippen molar-refractivity contribution >= 4 is 51.2 Å². The Morgan fingerprint density at radius 3 is 2.54 bits per heavy atom. The number of anilines is 1. The van der Waals surface area contributed by atoms with Crippen molar-refractivity contribution in [2.75, 3.05) is 11.9 Å². The second-order valence-electron chi connectivity index (χ2n) is 7.81. The van der Waals surface area contributed by atoms with Gasteiger partial charge in [-0.25, -0.2) is 5.43 Å². The van der Waals surface area contributed by atoms with Crippen LogP contribution in [-0.4, -0.2) is 24.6 Å². The van der Waals surface area contributed by atoms with Crippen LogP contribution < -0.4 is 20.2 Å². The molecule has 0 heterocycles. The van der Waals surface area contributed by atoms with E-state index in [9.17, 15) is 9.59 Å². The molecular formula is C28H27BrClN3O4. The minimum Gasteiger partial charge on any atom is -0.490 e. The van der Waals surface area contributed by atoms with Crippen LogP contribution in [0, 0.1) is 0 Å². The molecule has 0 fully saturated rings. The molecule has 37 heavy (non-hydrogen) atoms. The number of nitrogens with one attached hydrogen (secondary N) is 2. The van der Waals surface area contributed by atoms with Gasteiger partial charge in [0.25, 0.3) is 0 Å². The minimum absolute atomic E-state index is 0.273. The lowest BCUT2D eigenvalue weighted by Gasteiger charge is -2.17. The first-order chi connectivity index (χ1) is 17.9. The number of rotatable bonds is 12. The van der Waals surface area contributed by atoms with Gasteiger partial charge < -0.3 is 14.8 Å². The molecule has 0 atom stereocenters. The van der Waals surface area contributed by atoms with Crippen LogP contribution in [0.2, 0.25) is 5.02 Å². The molecule has 0 aliphatic rings. The number of benzene rings is 3. The van der Waals surface area contributed by atoms with Crippen LogP contribution in [0.5, 0.6) is 11.5 Å². The van der Waals surface area contributed by atoms with Crippen molar-refractivity contribution < 1.29 is 19.1 Å². The highest BCUT2D eigenvalue weighted by Crippen LogP contribution is 2.34. The third kappa shape index (κ3) is 8.48. The zero-order valence-electron chi connectivity index (χ0n) is 20.3. The van der Waals surface area contributed by atoms with Crippen molar-refractivity contribution in [1.29, 1.82) is 0 Å². The van der Waals surface area contributed by atoms with E-state index in [1.54, 1.807) is 30.3 Å². The molecule has 9 heteroatoms. The molecule has 3 aromatic rings. The van der Waals surface area contributed by atoms with Crippen LogP contribution in [0.3, 0.4) is 0 Å². The summed E-state index contributed by atoms with van der Waals surface area (Å²) in [6, 6.07) is 18.3. The first-order valence-electron chi connectivity index (χ1n) is 11.5. The van der Waals surface area contributed by atoms with Crippen LogP contribution >= 0.6 is 27.5 Å². The van der Waals surface area contributed by atoms with Crippen LogP contribution in [0.1, 0.15) is 30.0 Å². The SMILES string of the molecule is C=CCc1cc(C=NNC(=O)CC(=O)Nc2ccccc2Br)cc(OCC)c1OCc1ccccc1Cl. The standard InChI is InChI=1S/C28H27BrClN3O4/c1-3-9-20-14-19(15-25(36-4-2)28(20)37-18-21-10-5-7-12-23(21)30)17-31-33-27(35)16-26(34)32-24-13-8-6-11-22(24)29/h3,5-8,10-15,17H,1,4,9,16,18H2,2H3,(H,32,34)(H,33,35). The molecule has 192 valence electrons. The van der Waals surface area contributed by atoms with Crippen LogP contribution in [0.25, 0.3) is 0 Å². The summed E-state index contributed by atoms with van der Waals surface area (Å²) in [5.74, 6) is 0.129. The largest absolute Gasteiger partial charge is 0.490 e. The number of para-hydroxylation sites is 1. The van der Waals surface area contributed by atoms with Gasteiger partial charge in [0.1, 0.15) is 13.0 Å². The summed E-state index contributed by atoms with van der Waals surface area (Å²) >= 11 is 9.62. The lowest BCUT2D eigenvalue weighted by molar-refractivity contribution is -0.126. The van der Waals surface area contributed by atoms with E-state index >= 15 is 0 Å². The van der Waals surface area contributed by atoms with E-state index in [0.29, 0.717) is 40.8 Å². The van der Waals surface area contributed by atoms with E-state index in [1.165, 1.54) is 6.21 Å². The van der Waals surface area contributed by atoms with Gasteiger partial charge in [-0.3, -0.25) is 9.59 Å². The van der Waals surface area contributed by atoms with Crippen molar-refractivity contribution in [1.82, 2.24) is 5.43 Å². The van der Waals surface area contributed by atoms with Gasteiger partial charge in [0.2, 0.25) is 11.8 Å². The molecule has 0 saturated carbocycles. The van der Waals surface area contributed by atoms with Crippen LogP contribution in [0.4, 0.5) is 5.69 Å². The van der Waals surface area contributed by atoms with E-state index < -0.39 is 11.8 Å². The summed E-state index contributed by atoms with van der Waals surface area (Å²) in [4.78, 5) is 24.4. The quantitative estimate of drug-likeness (QED) is 0.113. The molecule has 0 aliphatic heterocycles. The Labute approximate surface area is 229 Å². The normalized spacial score (nSPS) is 10.7. The maximum Gasteiger partial charge on any atom is 0.249 e. The van der Waals surface area contributed by atoms with Gasteiger partial charge >= 0.3 is 0 Å². The Morgan fingerprint density at radius 2 is 1.81 bits per heavy atom. The monoisotopic (exact) mass is 583 g/mol. The van der Waals surface area contributed by atoms with Gasteiger partial charge in [-0.05, 0) is 65.2 Å². The first-order valence-corrected chi connectivity index (χ1v) is 12.7. The van der Waals surface area contributed by atoms with Crippen molar-refractivity contribution in [3.05, 3.63) is 99.5 Å². The fourth-order valence-corrected chi connectivity index (χ4v) is 3.95. The molecule has 0 aliphatic carbocycles. The summed E-state index contributed by atoms with van der Waals surface area (Å²) in [5.41, 5.74) is 5.35. The number of halogens is 2. The highest BCUT2D eigenvalue weighted by atomic mass is 79.9. The van der Waals surface area contributed by atoms with Gasteiger partial charge in [0, 0.05) is 20.6 Å². The number of hydrogen-bond donors (Lipinski definition) is 2. The first kappa shape index (κ1) is 28.0. The molecule has 7 nitrogen and oxygen atoms in total. The number of hydrazone groups is 1. The fourth-order valence-electron chi connectivity index (χ4n) is 3.38. The Hall–Kier alpha value is -3.62. The molecular weight excluding hydrogens is 558 g/mol. The number of allylic oxidation sites excluding steroid dienone is 1. The van der Waals surface area contributed by atoms with Gasteiger partial charge in [-0.15, -0.1) is 6.58 Å². The predicted octanol–water partition coefficient (Wildman–Crippen LogP) is 6.29. The Bertz CT molecular complexity index is 1300. The number of amides is 2. The fraction of sp³-hybridized carbons (Fsp3) is 0.179. The average Bonchev–Trinajstić information content (AvgIpc) is 2.86. The maximum atomic E-state index is 12.2. The summed E-state index contributed by atoms with van der Waals surface area (Å²) in [7, 11) is 0. The molecule has 3 rings (SSSR count). The lowest BCUT2D eigenvalue weighted by atomic mass is 10.1. The van der Waals surface area contributed by atoms with Gasteiger partial charge in [-0.1, -0.05) is 48.0 Å². The van der Waals surface area contributed by atoms with Crippen molar-refractivity contribution in [2.45, 2.75) is 26.4 Å². The molecule has 2 amide bonds. The zero-order chi connectivity index (χ0) is 26.6. The van der Waals surface area contributed by atoms with E-state index in [0.717, 1.165) is 15.6 Å². The molecule has 0 unspecified atom stereocenters. The lowest BCUT2D eigenvalue weighted by Crippen LogP contribution is -2.24.